The fraction of sp³-hybridized carbons (Fsp3) is 0.500. The lowest BCUT2D eigenvalue weighted by Gasteiger charge is -2.24. The summed E-state index contributed by atoms with van der Waals surface area (Å²) < 4.78 is 28.8. The van der Waals surface area contributed by atoms with Gasteiger partial charge < -0.3 is 4.74 Å². The van der Waals surface area contributed by atoms with Gasteiger partial charge in [0.1, 0.15) is 5.75 Å². The van der Waals surface area contributed by atoms with E-state index >= 15 is 0 Å². The second-order valence-corrected chi connectivity index (χ2v) is 7.70. The number of hydrogen-bond acceptors (Lipinski definition) is 3. The van der Waals surface area contributed by atoms with Crippen molar-refractivity contribution >= 4 is 26.0 Å². The first kappa shape index (κ1) is 15.5. The third-order valence-corrected chi connectivity index (χ3v) is 4.02. The molecule has 1 aromatic rings. The molecule has 1 aromatic carbocycles. The van der Waals surface area contributed by atoms with Crippen LogP contribution in [0.5, 0.6) is 5.75 Å². The summed E-state index contributed by atoms with van der Waals surface area (Å²) in [6, 6.07) is 5.68. The zero-order valence-electron chi connectivity index (χ0n) is 10.7. The minimum Gasteiger partial charge on any atom is -0.493 e. The standard InChI is InChI=1S/C12H18BrNO3S/c1-9-6-10(13)4-5-11(9)17-7-12(2,3)8-18(14,15)16/h4-6H,7-8H2,1-3H3,(H2,14,15,16). The fourth-order valence-electron chi connectivity index (χ4n) is 1.63. The first-order valence-corrected chi connectivity index (χ1v) is 7.99. The Morgan fingerprint density at radius 2 is 2.00 bits per heavy atom. The van der Waals surface area contributed by atoms with E-state index in [1.165, 1.54) is 0 Å². The number of ether oxygens (including phenoxy) is 1. The molecule has 0 bridgehead atoms. The van der Waals surface area contributed by atoms with Crippen molar-refractivity contribution in [2.75, 3.05) is 12.4 Å². The Bertz CT molecular complexity index is 526. The molecular weight excluding hydrogens is 318 g/mol. The highest BCUT2D eigenvalue weighted by atomic mass is 79.9. The minimum atomic E-state index is -3.49. The largest absolute Gasteiger partial charge is 0.493 e. The number of sulfonamides is 1. The second kappa shape index (κ2) is 5.59. The van der Waals surface area contributed by atoms with Gasteiger partial charge in [-0.1, -0.05) is 29.8 Å². The van der Waals surface area contributed by atoms with Crippen molar-refractivity contribution in [2.24, 2.45) is 10.6 Å². The molecule has 4 nitrogen and oxygen atoms in total. The van der Waals surface area contributed by atoms with E-state index in [9.17, 15) is 8.42 Å². The highest BCUT2D eigenvalue weighted by molar-refractivity contribution is 9.10. The molecule has 0 saturated carbocycles. The van der Waals surface area contributed by atoms with Gasteiger partial charge in [-0.2, -0.15) is 0 Å². The van der Waals surface area contributed by atoms with Crippen molar-refractivity contribution in [3.63, 3.8) is 0 Å². The monoisotopic (exact) mass is 335 g/mol. The van der Waals surface area contributed by atoms with Crippen LogP contribution in [-0.2, 0) is 10.0 Å². The summed E-state index contributed by atoms with van der Waals surface area (Å²) in [6.07, 6.45) is 0. The summed E-state index contributed by atoms with van der Waals surface area (Å²) in [7, 11) is -3.49. The van der Waals surface area contributed by atoms with Crippen molar-refractivity contribution in [1.82, 2.24) is 0 Å². The van der Waals surface area contributed by atoms with Crippen LogP contribution >= 0.6 is 15.9 Å². The number of aryl methyl sites for hydroxylation is 1. The maximum Gasteiger partial charge on any atom is 0.209 e. The molecule has 2 N–H and O–H groups in total. The fourth-order valence-corrected chi connectivity index (χ4v) is 3.28. The Morgan fingerprint density at radius 3 is 2.50 bits per heavy atom. The zero-order valence-corrected chi connectivity index (χ0v) is 13.1. The topological polar surface area (TPSA) is 69.4 Å². The van der Waals surface area contributed by atoms with Crippen LogP contribution < -0.4 is 9.88 Å². The van der Waals surface area contributed by atoms with Crippen LogP contribution in [0.1, 0.15) is 19.4 Å². The Morgan fingerprint density at radius 1 is 1.39 bits per heavy atom. The van der Waals surface area contributed by atoms with E-state index in [-0.39, 0.29) is 5.75 Å². The lowest BCUT2D eigenvalue weighted by atomic mass is 9.98. The third kappa shape index (κ3) is 5.37. The van der Waals surface area contributed by atoms with Gasteiger partial charge in [0.15, 0.2) is 0 Å². The highest BCUT2D eigenvalue weighted by Crippen LogP contribution is 2.25. The van der Waals surface area contributed by atoms with Gasteiger partial charge in [-0.3, -0.25) is 0 Å². The minimum absolute atomic E-state index is 0.102. The maximum atomic E-state index is 11.1. The lowest BCUT2D eigenvalue weighted by molar-refractivity contribution is 0.199. The van der Waals surface area contributed by atoms with Crippen molar-refractivity contribution < 1.29 is 13.2 Å². The SMILES string of the molecule is Cc1cc(Br)ccc1OCC(C)(C)CS(N)(=O)=O. The molecule has 6 heteroatoms. The van der Waals surface area contributed by atoms with E-state index in [2.05, 4.69) is 15.9 Å². The zero-order chi connectivity index (χ0) is 14.0. The quantitative estimate of drug-likeness (QED) is 0.898. The van der Waals surface area contributed by atoms with Gasteiger partial charge in [-0.15, -0.1) is 0 Å². The second-order valence-electron chi connectivity index (χ2n) is 5.17. The highest BCUT2D eigenvalue weighted by Gasteiger charge is 2.25. The van der Waals surface area contributed by atoms with E-state index in [4.69, 9.17) is 9.88 Å². The number of hydrogen-bond donors (Lipinski definition) is 1. The number of primary sulfonamides is 1. The molecule has 0 aliphatic rings. The molecule has 0 atom stereocenters. The predicted octanol–water partition coefficient (Wildman–Crippen LogP) is 2.45. The van der Waals surface area contributed by atoms with Gasteiger partial charge in [0.2, 0.25) is 10.0 Å². The molecule has 0 saturated heterocycles. The summed E-state index contributed by atoms with van der Waals surface area (Å²) in [5, 5.41) is 5.05. The molecule has 0 aliphatic heterocycles. The molecule has 0 aliphatic carbocycles. The van der Waals surface area contributed by atoms with Gasteiger partial charge in [0, 0.05) is 9.89 Å². The summed E-state index contributed by atoms with van der Waals surface area (Å²) >= 11 is 3.38. The average Bonchev–Trinajstić information content (AvgIpc) is 2.12. The number of nitrogens with two attached hydrogens (primary N) is 1. The van der Waals surface area contributed by atoms with Crippen LogP contribution in [0.3, 0.4) is 0 Å². The average molecular weight is 336 g/mol. The van der Waals surface area contributed by atoms with Crippen LogP contribution in [0.2, 0.25) is 0 Å². The van der Waals surface area contributed by atoms with Gasteiger partial charge in [0.05, 0.1) is 12.4 Å². The normalized spacial score (nSPS) is 12.5. The van der Waals surface area contributed by atoms with E-state index in [1.807, 2.05) is 39.0 Å². The van der Waals surface area contributed by atoms with Crippen LogP contribution in [0.4, 0.5) is 0 Å². The Balaban J connectivity index is 2.70. The molecule has 0 aromatic heterocycles. The van der Waals surface area contributed by atoms with Crippen molar-refractivity contribution in [1.29, 1.82) is 0 Å². The molecule has 0 unspecified atom stereocenters. The third-order valence-electron chi connectivity index (χ3n) is 2.35. The van der Waals surface area contributed by atoms with E-state index in [1.54, 1.807) is 0 Å². The van der Waals surface area contributed by atoms with Crippen molar-refractivity contribution in [3.8, 4) is 5.75 Å². The summed E-state index contributed by atoms with van der Waals surface area (Å²) in [6.45, 7) is 5.86. The van der Waals surface area contributed by atoms with Crippen molar-refractivity contribution in [3.05, 3.63) is 28.2 Å². The summed E-state index contributed by atoms with van der Waals surface area (Å²) in [5.41, 5.74) is 0.475. The van der Waals surface area contributed by atoms with Crippen molar-refractivity contribution in [2.45, 2.75) is 20.8 Å². The van der Waals surface area contributed by atoms with E-state index in [0.717, 1.165) is 15.8 Å². The first-order chi connectivity index (χ1) is 8.09. The molecule has 0 spiro atoms. The van der Waals surface area contributed by atoms with Crippen LogP contribution in [0, 0.1) is 12.3 Å². The smallest absolute Gasteiger partial charge is 0.209 e. The van der Waals surface area contributed by atoms with Gasteiger partial charge in [-0.25, -0.2) is 13.6 Å². The Labute approximate surface area is 117 Å². The Hall–Kier alpha value is -0.590. The lowest BCUT2D eigenvalue weighted by Crippen LogP contribution is -2.33. The van der Waals surface area contributed by atoms with Gasteiger partial charge >= 0.3 is 0 Å². The Kier molecular flexibility index (Phi) is 4.80. The molecule has 18 heavy (non-hydrogen) atoms. The van der Waals surface area contributed by atoms with Gasteiger partial charge in [-0.05, 0) is 30.7 Å². The van der Waals surface area contributed by atoms with Gasteiger partial charge in [0.25, 0.3) is 0 Å². The predicted molar refractivity (Wildman–Crippen MR) is 76.1 cm³/mol. The van der Waals surface area contributed by atoms with E-state index in [0.29, 0.717) is 6.61 Å². The van der Waals surface area contributed by atoms with Crippen LogP contribution in [0.25, 0.3) is 0 Å². The molecule has 0 heterocycles. The molecule has 0 radical (unpaired) electrons. The van der Waals surface area contributed by atoms with E-state index < -0.39 is 15.4 Å². The maximum absolute atomic E-state index is 11.1. The number of rotatable bonds is 5. The summed E-state index contributed by atoms with van der Waals surface area (Å²) in [5.74, 6) is 0.649. The first-order valence-electron chi connectivity index (χ1n) is 5.48. The summed E-state index contributed by atoms with van der Waals surface area (Å²) in [4.78, 5) is 0. The van der Waals surface area contributed by atoms with Crippen LogP contribution in [0.15, 0.2) is 22.7 Å². The molecular formula is C12H18BrNO3S. The number of halogens is 1. The number of benzene rings is 1. The molecule has 1 rings (SSSR count). The molecule has 0 amide bonds. The molecule has 102 valence electrons. The molecule has 0 fully saturated rings. The van der Waals surface area contributed by atoms with Crippen LogP contribution in [-0.4, -0.2) is 20.8 Å².